The predicted molar refractivity (Wildman–Crippen MR) is 53.7 cm³/mol. The Morgan fingerprint density at radius 1 is 1.31 bits per heavy atom. The third kappa shape index (κ3) is 2.68. The van der Waals surface area contributed by atoms with E-state index in [2.05, 4.69) is 5.32 Å². The molecule has 0 spiro atoms. The smallest absolute Gasteiger partial charge is 0.0618 e. The van der Waals surface area contributed by atoms with Crippen LogP contribution in [0.4, 0.5) is 0 Å². The molecule has 2 heteroatoms. The summed E-state index contributed by atoms with van der Waals surface area (Å²) >= 11 is 0. The summed E-state index contributed by atoms with van der Waals surface area (Å²) in [6, 6.07) is 0.644. The van der Waals surface area contributed by atoms with Gasteiger partial charge in [-0.25, -0.2) is 0 Å². The van der Waals surface area contributed by atoms with E-state index in [0.717, 1.165) is 18.4 Å². The molecule has 1 N–H and O–H groups in total. The van der Waals surface area contributed by atoms with Gasteiger partial charge >= 0.3 is 0 Å². The molecule has 0 aromatic carbocycles. The number of rotatable bonds is 6. The highest BCUT2D eigenvalue weighted by atomic mass is 16.5. The first-order valence-electron chi connectivity index (χ1n) is 5.62. The standard InChI is InChI=1S/C11H21NO/c1-13-8-11(10-5-6-10)12-7-9-3-2-4-9/h9-12H,2-8H2,1H3. The molecule has 0 saturated heterocycles. The summed E-state index contributed by atoms with van der Waals surface area (Å²) in [7, 11) is 1.81. The fraction of sp³-hybridized carbons (Fsp3) is 1.00. The van der Waals surface area contributed by atoms with Crippen molar-refractivity contribution in [3.63, 3.8) is 0 Å². The van der Waals surface area contributed by atoms with Gasteiger partial charge in [-0.2, -0.15) is 0 Å². The normalized spacial score (nSPS) is 25.6. The van der Waals surface area contributed by atoms with Gasteiger partial charge in [-0.05, 0) is 44.1 Å². The van der Waals surface area contributed by atoms with Crippen molar-refractivity contribution in [2.24, 2.45) is 11.8 Å². The molecular formula is C11H21NO. The summed E-state index contributed by atoms with van der Waals surface area (Å²) in [6.45, 7) is 2.13. The van der Waals surface area contributed by atoms with Crippen LogP contribution in [0, 0.1) is 11.8 Å². The largest absolute Gasteiger partial charge is 0.383 e. The molecule has 76 valence electrons. The van der Waals surface area contributed by atoms with E-state index in [-0.39, 0.29) is 0 Å². The molecule has 0 radical (unpaired) electrons. The van der Waals surface area contributed by atoms with Crippen LogP contribution in [-0.4, -0.2) is 26.3 Å². The number of hydrogen-bond acceptors (Lipinski definition) is 2. The molecule has 2 aliphatic carbocycles. The van der Waals surface area contributed by atoms with Gasteiger partial charge in [0.2, 0.25) is 0 Å². The summed E-state index contributed by atoms with van der Waals surface area (Å²) in [6.07, 6.45) is 7.15. The fourth-order valence-electron chi connectivity index (χ4n) is 2.05. The summed E-state index contributed by atoms with van der Waals surface area (Å²) in [5, 5.41) is 3.66. The zero-order valence-electron chi connectivity index (χ0n) is 8.59. The van der Waals surface area contributed by atoms with E-state index in [1.807, 2.05) is 0 Å². The Morgan fingerprint density at radius 2 is 2.08 bits per heavy atom. The van der Waals surface area contributed by atoms with Gasteiger partial charge in [0.15, 0.2) is 0 Å². The van der Waals surface area contributed by atoms with Gasteiger partial charge in [-0.3, -0.25) is 0 Å². The molecule has 2 aliphatic rings. The van der Waals surface area contributed by atoms with Crippen LogP contribution in [0.3, 0.4) is 0 Å². The van der Waals surface area contributed by atoms with E-state index in [1.165, 1.54) is 38.6 Å². The highest BCUT2D eigenvalue weighted by molar-refractivity contribution is 4.87. The molecule has 0 aliphatic heterocycles. The maximum Gasteiger partial charge on any atom is 0.0618 e. The van der Waals surface area contributed by atoms with Gasteiger partial charge < -0.3 is 10.1 Å². The SMILES string of the molecule is COCC(NCC1CCC1)C1CC1. The second-order valence-corrected chi connectivity index (χ2v) is 4.60. The number of hydrogen-bond donors (Lipinski definition) is 1. The van der Waals surface area contributed by atoms with E-state index in [9.17, 15) is 0 Å². The van der Waals surface area contributed by atoms with E-state index in [1.54, 1.807) is 7.11 Å². The van der Waals surface area contributed by atoms with Crippen molar-refractivity contribution in [1.82, 2.24) is 5.32 Å². The lowest BCUT2D eigenvalue weighted by molar-refractivity contribution is 0.150. The highest BCUT2D eigenvalue weighted by Crippen LogP contribution is 2.33. The Bertz CT molecular complexity index is 152. The number of nitrogens with one attached hydrogen (secondary N) is 1. The quantitative estimate of drug-likeness (QED) is 0.678. The van der Waals surface area contributed by atoms with Crippen molar-refractivity contribution < 1.29 is 4.74 Å². The van der Waals surface area contributed by atoms with E-state index in [0.29, 0.717) is 6.04 Å². The zero-order chi connectivity index (χ0) is 9.10. The lowest BCUT2D eigenvalue weighted by Gasteiger charge is -2.28. The summed E-state index contributed by atoms with van der Waals surface area (Å²) in [5.74, 6) is 1.89. The molecule has 0 bridgehead atoms. The van der Waals surface area contributed by atoms with Crippen LogP contribution in [0.5, 0.6) is 0 Å². The van der Waals surface area contributed by atoms with Gasteiger partial charge in [0, 0.05) is 13.2 Å². The predicted octanol–water partition coefficient (Wildman–Crippen LogP) is 1.80. The highest BCUT2D eigenvalue weighted by Gasteiger charge is 2.31. The maximum atomic E-state index is 5.23. The van der Waals surface area contributed by atoms with Crippen LogP contribution < -0.4 is 5.32 Å². The van der Waals surface area contributed by atoms with Crippen molar-refractivity contribution in [2.75, 3.05) is 20.3 Å². The van der Waals surface area contributed by atoms with Gasteiger partial charge in [0.1, 0.15) is 0 Å². The monoisotopic (exact) mass is 183 g/mol. The summed E-state index contributed by atoms with van der Waals surface area (Å²) in [4.78, 5) is 0. The van der Waals surface area contributed by atoms with E-state index < -0.39 is 0 Å². The third-order valence-electron chi connectivity index (χ3n) is 3.43. The Morgan fingerprint density at radius 3 is 2.54 bits per heavy atom. The minimum atomic E-state index is 0.644. The average Bonchev–Trinajstić information content (AvgIpc) is 2.82. The Kier molecular flexibility index (Phi) is 3.23. The molecule has 1 atom stereocenters. The average molecular weight is 183 g/mol. The van der Waals surface area contributed by atoms with Crippen molar-refractivity contribution in [2.45, 2.75) is 38.1 Å². The molecule has 0 aromatic rings. The van der Waals surface area contributed by atoms with Crippen molar-refractivity contribution >= 4 is 0 Å². The molecule has 2 fully saturated rings. The van der Waals surface area contributed by atoms with Gasteiger partial charge in [0.25, 0.3) is 0 Å². The Hall–Kier alpha value is -0.0800. The van der Waals surface area contributed by atoms with Crippen LogP contribution >= 0.6 is 0 Å². The van der Waals surface area contributed by atoms with Crippen LogP contribution in [0.25, 0.3) is 0 Å². The first-order chi connectivity index (χ1) is 6.40. The van der Waals surface area contributed by atoms with Crippen LogP contribution in [0.2, 0.25) is 0 Å². The summed E-state index contributed by atoms with van der Waals surface area (Å²) < 4.78 is 5.23. The van der Waals surface area contributed by atoms with E-state index in [4.69, 9.17) is 4.74 Å². The lowest BCUT2D eigenvalue weighted by atomic mass is 9.85. The first-order valence-corrected chi connectivity index (χ1v) is 5.62. The molecule has 0 amide bonds. The lowest BCUT2D eigenvalue weighted by Crippen LogP contribution is -2.39. The second-order valence-electron chi connectivity index (χ2n) is 4.60. The van der Waals surface area contributed by atoms with Gasteiger partial charge in [0.05, 0.1) is 6.61 Å². The van der Waals surface area contributed by atoms with Crippen LogP contribution in [0.15, 0.2) is 0 Å². The van der Waals surface area contributed by atoms with Crippen molar-refractivity contribution in [3.05, 3.63) is 0 Å². The molecule has 1 unspecified atom stereocenters. The van der Waals surface area contributed by atoms with Crippen LogP contribution in [-0.2, 0) is 4.74 Å². The molecule has 2 nitrogen and oxygen atoms in total. The molecule has 0 aromatic heterocycles. The van der Waals surface area contributed by atoms with Gasteiger partial charge in [-0.1, -0.05) is 6.42 Å². The summed E-state index contributed by atoms with van der Waals surface area (Å²) in [5.41, 5.74) is 0. The minimum Gasteiger partial charge on any atom is -0.383 e. The topological polar surface area (TPSA) is 21.3 Å². The molecule has 13 heavy (non-hydrogen) atoms. The Balaban J connectivity index is 1.63. The van der Waals surface area contributed by atoms with Crippen molar-refractivity contribution in [1.29, 1.82) is 0 Å². The first kappa shape index (κ1) is 9.47. The molecule has 0 heterocycles. The Labute approximate surface area is 81.0 Å². The van der Waals surface area contributed by atoms with E-state index >= 15 is 0 Å². The van der Waals surface area contributed by atoms with Crippen molar-refractivity contribution in [3.8, 4) is 0 Å². The fourth-order valence-corrected chi connectivity index (χ4v) is 2.05. The number of ether oxygens (including phenoxy) is 1. The second kappa shape index (κ2) is 4.43. The number of methoxy groups -OCH3 is 1. The van der Waals surface area contributed by atoms with Crippen LogP contribution in [0.1, 0.15) is 32.1 Å². The third-order valence-corrected chi connectivity index (χ3v) is 3.43. The molecular weight excluding hydrogens is 162 g/mol. The molecule has 2 rings (SSSR count). The zero-order valence-corrected chi connectivity index (χ0v) is 8.59. The molecule has 2 saturated carbocycles. The minimum absolute atomic E-state index is 0.644. The van der Waals surface area contributed by atoms with Gasteiger partial charge in [-0.15, -0.1) is 0 Å². The maximum absolute atomic E-state index is 5.23.